The standard InChI is InChI=1S/C21H16ClN5O3/c1-23-20(28)18-11-15(8-9-24-18)30-14-5-3-13(4-6-14)25-21(29)19-16-10-12(22)2-7-17(16)26-27-19/h2-11H,1H3,(H,23,28)(H,25,29)(H,26,27). The highest BCUT2D eigenvalue weighted by molar-refractivity contribution is 6.31. The van der Waals surface area contributed by atoms with E-state index in [0.717, 1.165) is 5.52 Å². The van der Waals surface area contributed by atoms with Crippen molar-refractivity contribution in [3.05, 3.63) is 77.2 Å². The van der Waals surface area contributed by atoms with Crippen molar-refractivity contribution in [3.8, 4) is 11.5 Å². The number of amides is 2. The summed E-state index contributed by atoms with van der Waals surface area (Å²) in [5.41, 5.74) is 1.81. The zero-order valence-corrected chi connectivity index (χ0v) is 16.5. The SMILES string of the molecule is CNC(=O)c1cc(Oc2ccc(NC(=O)c3n[nH]c4ccc(Cl)cc34)cc2)ccn1. The second-order valence-electron chi connectivity index (χ2n) is 6.30. The van der Waals surface area contributed by atoms with Crippen LogP contribution in [-0.4, -0.2) is 34.0 Å². The lowest BCUT2D eigenvalue weighted by Crippen LogP contribution is -2.18. The van der Waals surface area contributed by atoms with Crippen molar-refractivity contribution in [2.45, 2.75) is 0 Å². The van der Waals surface area contributed by atoms with Crippen LogP contribution in [0.15, 0.2) is 60.8 Å². The number of H-pyrrole nitrogens is 1. The maximum absolute atomic E-state index is 12.6. The predicted molar refractivity (Wildman–Crippen MR) is 113 cm³/mol. The van der Waals surface area contributed by atoms with Gasteiger partial charge >= 0.3 is 0 Å². The Labute approximate surface area is 176 Å². The van der Waals surface area contributed by atoms with Crippen LogP contribution in [0.3, 0.4) is 0 Å². The number of nitrogens with one attached hydrogen (secondary N) is 3. The Morgan fingerprint density at radius 2 is 1.80 bits per heavy atom. The molecule has 4 aromatic rings. The van der Waals surface area contributed by atoms with E-state index in [-0.39, 0.29) is 23.2 Å². The van der Waals surface area contributed by atoms with Gasteiger partial charge in [0.1, 0.15) is 17.2 Å². The van der Waals surface area contributed by atoms with Crippen molar-refractivity contribution in [2.24, 2.45) is 0 Å². The average Bonchev–Trinajstić information content (AvgIpc) is 3.18. The third-order valence-electron chi connectivity index (χ3n) is 4.28. The maximum atomic E-state index is 12.6. The highest BCUT2D eigenvalue weighted by Gasteiger charge is 2.15. The molecule has 0 fully saturated rings. The second kappa shape index (κ2) is 8.22. The van der Waals surface area contributed by atoms with Crippen LogP contribution in [0.4, 0.5) is 5.69 Å². The molecule has 3 N–H and O–H groups in total. The van der Waals surface area contributed by atoms with Gasteiger partial charge in [0.25, 0.3) is 11.8 Å². The van der Waals surface area contributed by atoms with Crippen LogP contribution in [-0.2, 0) is 0 Å². The first-order valence-electron chi connectivity index (χ1n) is 8.94. The van der Waals surface area contributed by atoms with Gasteiger partial charge in [-0.1, -0.05) is 11.6 Å². The molecular weight excluding hydrogens is 406 g/mol. The first-order chi connectivity index (χ1) is 14.5. The summed E-state index contributed by atoms with van der Waals surface area (Å²) >= 11 is 6.02. The maximum Gasteiger partial charge on any atom is 0.276 e. The molecule has 0 spiro atoms. The first-order valence-corrected chi connectivity index (χ1v) is 9.32. The summed E-state index contributed by atoms with van der Waals surface area (Å²) in [6, 6.07) is 15.2. The molecule has 0 saturated carbocycles. The molecule has 2 amide bonds. The Hall–Kier alpha value is -3.91. The number of carbonyl (C=O) groups excluding carboxylic acids is 2. The van der Waals surface area contributed by atoms with Crippen LogP contribution < -0.4 is 15.4 Å². The van der Waals surface area contributed by atoms with E-state index in [1.54, 1.807) is 54.6 Å². The van der Waals surface area contributed by atoms with Crippen LogP contribution in [0.2, 0.25) is 5.02 Å². The van der Waals surface area contributed by atoms with Gasteiger partial charge < -0.3 is 15.4 Å². The topological polar surface area (TPSA) is 109 Å². The minimum atomic E-state index is -0.360. The Bertz CT molecular complexity index is 1240. The third kappa shape index (κ3) is 4.08. The van der Waals surface area contributed by atoms with Crippen LogP contribution in [0.1, 0.15) is 21.0 Å². The quantitative estimate of drug-likeness (QED) is 0.451. The van der Waals surface area contributed by atoms with Crippen LogP contribution in [0.25, 0.3) is 10.9 Å². The number of halogens is 1. The number of pyridine rings is 1. The summed E-state index contributed by atoms with van der Waals surface area (Å²) in [5.74, 6) is 0.353. The summed E-state index contributed by atoms with van der Waals surface area (Å²) in [4.78, 5) is 28.3. The Morgan fingerprint density at radius 1 is 1.00 bits per heavy atom. The van der Waals surface area contributed by atoms with E-state index >= 15 is 0 Å². The largest absolute Gasteiger partial charge is 0.457 e. The summed E-state index contributed by atoms with van der Waals surface area (Å²) < 4.78 is 5.75. The molecule has 2 heterocycles. The fraction of sp³-hybridized carbons (Fsp3) is 0.0476. The molecule has 2 aromatic heterocycles. The number of rotatable bonds is 5. The van der Waals surface area contributed by atoms with Crippen LogP contribution >= 0.6 is 11.6 Å². The molecule has 0 bridgehead atoms. The molecule has 0 unspecified atom stereocenters. The number of carbonyl (C=O) groups is 2. The minimum absolute atomic E-state index is 0.255. The zero-order chi connectivity index (χ0) is 21.1. The summed E-state index contributed by atoms with van der Waals surface area (Å²) in [6.07, 6.45) is 1.49. The molecule has 0 aliphatic heterocycles. The monoisotopic (exact) mass is 421 g/mol. The van der Waals surface area contributed by atoms with Crippen LogP contribution in [0, 0.1) is 0 Å². The molecule has 0 saturated heterocycles. The first kappa shape index (κ1) is 19.4. The van der Waals surface area contributed by atoms with Gasteiger partial charge in [0.2, 0.25) is 0 Å². The van der Waals surface area contributed by atoms with E-state index in [2.05, 4.69) is 25.8 Å². The fourth-order valence-corrected chi connectivity index (χ4v) is 2.99. The van der Waals surface area contributed by atoms with E-state index in [4.69, 9.17) is 16.3 Å². The Morgan fingerprint density at radius 3 is 2.57 bits per heavy atom. The zero-order valence-electron chi connectivity index (χ0n) is 15.8. The number of fused-ring (bicyclic) bond motifs is 1. The Kier molecular flexibility index (Phi) is 5.32. The lowest BCUT2D eigenvalue weighted by atomic mass is 10.2. The molecule has 30 heavy (non-hydrogen) atoms. The van der Waals surface area contributed by atoms with E-state index in [0.29, 0.717) is 27.6 Å². The van der Waals surface area contributed by atoms with Crippen molar-refractivity contribution in [1.82, 2.24) is 20.5 Å². The lowest BCUT2D eigenvalue weighted by molar-refractivity contribution is 0.0957. The van der Waals surface area contributed by atoms with Crippen molar-refractivity contribution in [1.29, 1.82) is 0 Å². The van der Waals surface area contributed by atoms with Crippen LogP contribution in [0.5, 0.6) is 11.5 Å². The molecule has 0 aliphatic rings. The molecular formula is C21H16ClN5O3. The van der Waals surface area contributed by atoms with Gasteiger partial charge in [-0.2, -0.15) is 5.10 Å². The van der Waals surface area contributed by atoms with E-state index < -0.39 is 0 Å². The summed E-state index contributed by atoms with van der Waals surface area (Å²) in [7, 11) is 1.53. The fourth-order valence-electron chi connectivity index (χ4n) is 2.82. The molecule has 0 aliphatic carbocycles. The highest BCUT2D eigenvalue weighted by atomic mass is 35.5. The number of aromatic amines is 1. The van der Waals surface area contributed by atoms with E-state index in [1.807, 2.05) is 0 Å². The number of aromatic nitrogens is 3. The third-order valence-corrected chi connectivity index (χ3v) is 4.51. The average molecular weight is 422 g/mol. The van der Waals surface area contributed by atoms with Gasteiger partial charge in [0.05, 0.1) is 5.52 Å². The van der Waals surface area contributed by atoms with Gasteiger partial charge in [-0.3, -0.25) is 19.7 Å². The molecule has 2 aromatic carbocycles. The molecule has 8 nitrogen and oxygen atoms in total. The smallest absolute Gasteiger partial charge is 0.276 e. The Balaban J connectivity index is 1.46. The van der Waals surface area contributed by atoms with Gasteiger partial charge in [0.15, 0.2) is 5.69 Å². The summed E-state index contributed by atoms with van der Waals surface area (Å²) in [5, 5.41) is 13.4. The minimum Gasteiger partial charge on any atom is -0.457 e. The molecule has 0 atom stereocenters. The van der Waals surface area contributed by atoms with Gasteiger partial charge in [0, 0.05) is 35.4 Å². The second-order valence-corrected chi connectivity index (χ2v) is 6.74. The number of nitrogens with zero attached hydrogens (tertiary/aromatic N) is 2. The highest BCUT2D eigenvalue weighted by Crippen LogP contribution is 2.25. The van der Waals surface area contributed by atoms with E-state index in [9.17, 15) is 9.59 Å². The van der Waals surface area contributed by atoms with Gasteiger partial charge in [-0.25, -0.2) is 0 Å². The van der Waals surface area contributed by atoms with Gasteiger partial charge in [-0.15, -0.1) is 0 Å². The predicted octanol–water partition coefficient (Wildman–Crippen LogP) is 4.02. The van der Waals surface area contributed by atoms with Crippen molar-refractivity contribution in [2.75, 3.05) is 12.4 Å². The number of anilines is 1. The normalized spacial score (nSPS) is 10.6. The number of hydrogen-bond acceptors (Lipinski definition) is 5. The molecule has 4 rings (SSSR count). The molecule has 150 valence electrons. The number of hydrogen-bond donors (Lipinski definition) is 3. The lowest BCUT2D eigenvalue weighted by Gasteiger charge is -2.08. The molecule has 0 radical (unpaired) electrons. The van der Waals surface area contributed by atoms with Crippen molar-refractivity contribution >= 4 is 40.0 Å². The summed E-state index contributed by atoms with van der Waals surface area (Å²) in [6.45, 7) is 0. The number of benzene rings is 2. The number of ether oxygens (including phenoxy) is 1. The van der Waals surface area contributed by atoms with Crippen molar-refractivity contribution in [3.63, 3.8) is 0 Å². The van der Waals surface area contributed by atoms with Gasteiger partial charge in [-0.05, 0) is 48.5 Å². The van der Waals surface area contributed by atoms with Crippen molar-refractivity contribution < 1.29 is 14.3 Å². The molecule has 9 heteroatoms. The van der Waals surface area contributed by atoms with E-state index in [1.165, 1.54) is 13.2 Å².